The van der Waals surface area contributed by atoms with Crippen LogP contribution in [-0.4, -0.2) is 29.1 Å². The number of unbranched alkanes of at least 4 members (excludes halogenated alkanes) is 1. The quantitative estimate of drug-likeness (QED) is 0.293. The molecule has 1 heterocycles. The summed E-state index contributed by atoms with van der Waals surface area (Å²) in [7, 11) is -4.18. The number of esters is 1. The van der Waals surface area contributed by atoms with Gasteiger partial charge in [-0.1, -0.05) is 31.5 Å². The number of ether oxygens (including phenoxy) is 1. The van der Waals surface area contributed by atoms with Crippen LogP contribution in [0.25, 0.3) is 5.69 Å². The summed E-state index contributed by atoms with van der Waals surface area (Å²) in [6.07, 6.45) is 1.51. The van der Waals surface area contributed by atoms with Gasteiger partial charge in [0.15, 0.2) is 4.90 Å². The summed E-state index contributed by atoms with van der Waals surface area (Å²) in [4.78, 5) is 22.2. The molecule has 0 fully saturated rings. The average molecular weight is 443 g/mol. The van der Waals surface area contributed by atoms with Crippen LogP contribution in [0.2, 0.25) is 0 Å². The molecule has 0 amide bonds. The third-order valence-electron chi connectivity index (χ3n) is 4.54. The monoisotopic (exact) mass is 443 g/mol. The number of aryl methyl sites for hydroxylation is 1. The van der Waals surface area contributed by atoms with Gasteiger partial charge in [0.1, 0.15) is 0 Å². The Kier molecular flexibility index (Phi) is 6.50. The molecule has 0 aliphatic rings. The molecule has 0 radical (unpaired) electrons. The van der Waals surface area contributed by atoms with Crippen LogP contribution in [0.5, 0.6) is 5.88 Å². The summed E-state index contributed by atoms with van der Waals surface area (Å²) < 4.78 is 33.5. The van der Waals surface area contributed by atoms with Gasteiger partial charge >= 0.3 is 5.97 Å². The van der Waals surface area contributed by atoms with Crippen LogP contribution < -0.4 is 4.74 Å². The van der Waals surface area contributed by atoms with Crippen LogP contribution in [0.1, 0.15) is 31.9 Å². The van der Waals surface area contributed by atoms with Gasteiger partial charge in [0.25, 0.3) is 5.69 Å². The lowest BCUT2D eigenvalue weighted by Gasteiger charge is -2.11. The highest BCUT2D eigenvalue weighted by atomic mass is 32.2. The van der Waals surface area contributed by atoms with E-state index in [1.807, 2.05) is 6.92 Å². The minimum atomic E-state index is -4.18. The summed E-state index contributed by atoms with van der Waals surface area (Å²) in [5, 5.41) is 15.2. The predicted molar refractivity (Wildman–Crippen MR) is 112 cm³/mol. The maximum absolute atomic E-state index is 13.4. The number of carbonyl (C=O) groups is 1. The molecule has 0 saturated heterocycles. The van der Waals surface area contributed by atoms with Crippen molar-refractivity contribution in [2.75, 3.05) is 0 Å². The first-order valence-corrected chi connectivity index (χ1v) is 11.1. The number of nitrogens with zero attached hydrogens (tertiary/aromatic N) is 3. The van der Waals surface area contributed by atoms with Crippen molar-refractivity contribution in [2.24, 2.45) is 0 Å². The number of benzene rings is 2. The van der Waals surface area contributed by atoms with Gasteiger partial charge in [-0.3, -0.25) is 14.9 Å². The molecular weight excluding hydrogens is 422 g/mol. The van der Waals surface area contributed by atoms with Crippen molar-refractivity contribution in [2.45, 2.75) is 42.9 Å². The second-order valence-corrected chi connectivity index (χ2v) is 8.69. The van der Waals surface area contributed by atoms with E-state index >= 15 is 0 Å². The number of non-ortho nitro benzene ring substituents is 1. The van der Waals surface area contributed by atoms with Gasteiger partial charge in [0.2, 0.25) is 15.7 Å². The van der Waals surface area contributed by atoms with E-state index in [0.29, 0.717) is 12.1 Å². The summed E-state index contributed by atoms with van der Waals surface area (Å²) in [5.74, 6) is -0.776. The largest absolute Gasteiger partial charge is 0.406 e. The fraction of sp³-hybridized carbons (Fsp3) is 0.238. The molecule has 0 aliphatic heterocycles. The van der Waals surface area contributed by atoms with Crippen molar-refractivity contribution >= 4 is 21.5 Å². The lowest BCUT2D eigenvalue weighted by molar-refractivity contribution is -0.384. The number of hydrogen-bond donors (Lipinski definition) is 0. The molecule has 3 aromatic rings. The molecule has 0 bridgehead atoms. The summed E-state index contributed by atoms with van der Waals surface area (Å²) in [5.41, 5.74) is 0.427. The van der Waals surface area contributed by atoms with E-state index in [-0.39, 0.29) is 33.5 Å². The molecule has 0 spiro atoms. The van der Waals surface area contributed by atoms with E-state index in [9.17, 15) is 23.3 Å². The Balaban J connectivity index is 2.15. The molecule has 0 aliphatic carbocycles. The number of nitro groups is 1. The van der Waals surface area contributed by atoms with Crippen LogP contribution in [0.3, 0.4) is 0 Å². The van der Waals surface area contributed by atoms with Crippen molar-refractivity contribution in [3.63, 3.8) is 0 Å². The van der Waals surface area contributed by atoms with Gasteiger partial charge < -0.3 is 4.74 Å². The van der Waals surface area contributed by atoms with E-state index in [2.05, 4.69) is 5.10 Å². The number of nitro benzene ring substituents is 1. The molecule has 162 valence electrons. The van der Waals surface area contributed by atoms with Crippen molar-refractivity contribution < 1.29 is 22.9 Å². The lowest BCUT2D eigenvalue weighted by Crippen LogP contribution is -2.14. The van der Waals surface area contributed by atoms with Gasteiger partial charge in [-0.2, -0.15) is 9.78 Å². The Hall–Kier alpha value is -3.53. The first-order chi connectivity index (χ1) is 14.8. The number of aromatic nitrogens is 2. The highest BCUT2D eigenvalue weighted by Crippen LogP contribution is 2.35. The van der Waals surface area contributed by atoms with Crippen LogP contribution in [0.4, 0.5) is 5.69 Å². The maximum Gasteiger partial charge on any atom is 0.312 e. The van der Waals surface area contributed by atoms with Crippen molar-refractivity contribution in [1.29, 1.82) is 0 Å². The standard InChI is InChI=1S/C21H21N3O6S/c1-3-4-10-19(25)30-21-20(15(2)22-23(21)16-8-6-5-7-9-16)31(28,29)18-13-11-17(12-14-18)24(26)27/h5-9,11-14H,3-4,10H2,1-2H3. The minimum Gasteiger partial charge on any atom is -0.406 e. The first kappa shape index (κ1) is 22.2. The smallest absolute Gasteiger partial charge is 0.312 e. The SMILES string of the molecule is CCCCC(=O)Oc1c(S(=O)(=O)c2ccc([N+](=O)[O-])cc2)c(C)nn1-c1ccccc1. The minimum absolute atomic E-state index is 0.131. The zero-order valence-electron chi connectivity index (χ0n) is 17.0. The number of rotatable bonds is 8. The molecule has 1 aromatic heterocycles. The molecule has 0 N–H and O–H groups in total. The van der Waals surface area contributed by atoms with Crippen LogP contribution in [0, 0.1) is 17.0 Å². The Morgan fingerprint density at radius 3 is 2.35 bits per heavy atom. The fourth-order valence-corrected chi connectivity index (χ4v) is 4.50. The molecule has 10 heteroatoms. The van der Waals surface area contributed by atoms with Crippen molar-refractivity contribution in [3.8, 4) is 11.6 Å². The number of sulfone groups is 1. The second-order valence-electron chi connectivity index (χ2n) is 6.80. The zero-order chi connectivity index (χ0) is 22.6. The third-order valence-corrected chi connectivity index (χ3v) is 6.44. The Morgan fingerprint density at radius 1 is 1.13 bits per heavy atom. The van der Waals surface area contributed by atoms with Gasteiger partial charge in [-0.05, 0) is 37.6 Å². The number of carbonyl (C=O) groups excluding carboxylic acids is 1. The topological polar surface area (TPSA) is 121 Å². The van der Waals surface area contributed by atoms with Crippen molar-refractivity contribution in [3.05, 3.63) is 70.4 Å². The van der Waals surface area contributed by atoms with E-state index < -0.39 is 20.7 Å². The number of para-hydroxylation sites is 1. The fourth-order valence-electron chi connectivity index (χ4n) is 2.98. The Labute approximate surface area is 179 Å². The number of hydrogen-bond acceptors (Lipinski definition) is 7. The van der Waals surface area contributed by atoms with Gasteiger partial charge in [-0.25, -0.2) is 8.42 Å². The van der Waals surface area contributed by atoms with Crippen LogP contribution in [-0.2, 0) is 14.6 Å². The summed E-state index contributed by atoms with van der Waals surface area (Å²) in [6.45, 7) is 3.43. The predicted octanol–water partition coefficient (Wildman–Crippen LogP) is 4.02. The molecule has 31 heavy (non-hydrogen) atoms. The third kappa shape index (κ3) is 4.64. The van der Waals surface area contributed by atoms with Gasteiger partial charge in [0.05, 0.1) is 21.2 Å². The molecule has 3 rings (SSSR count). The Morgan fingerprint density at radius 2 is 1.77 bits per heavy atom. The molecule has 0 unspecified atom stereocenters. The normalized spacial score (nSPS) is 11.3. The highest BCUT2D eigenvalue weighted by molar-refractivity contribution is 7.91. The van der Waals surface area contributed by atoms with Crippen LogP contribution >= 0.6 is 0 Å². The lowest BCUT2D eigenvalue weighted by atomic mass is 10.2. The maximum atomic E-state index is 13.4. The Bertz CT molecular complexity index is 1200. The van der Waals surface area contributed by atoms with E-state index in [4.69, 9.17) is 4.74 Å². The molecule has 0 atom stereocenters. The van der Waals surface area contributed by atoms with Gasteiger partial charge in [0, 0.05) is 18.6 Å². The average Bonchev–Trinajstić information content (AvgIpc) is 3.09. The molecule has 9 nitrogen and oxygen atoms in total. The van der Waals surface area contributed by atoms with E-state index in [0.717, 1.165) is 30.7 Å². The van der Waals surface area contributed by atoms with E-state index in [1.54, 1.807) is 30.3 Å². The molecule has 0 saturated carbocycles. The molecule has 2 aromatic carbocycles. The zero-order valence-corrected chi connectivity index (χ0v) is 17.8. The second kappa shape index (κ2) is 9.09. The highest BCUT2D eigenvalue weighted by Gasteiger charge is 2.32. The summed E-state index contributed by atoms with van der Waals surface area (Å²) >= 11 is 0. The van der Waals surface area contributed by atoms with Gasteiger partial charge in [-0.15, -0.1) is 0 Å². The molecular formula is C21H21N3O6S. The first-order valence-electron chi connectivity index (χ1n) is 9.61. The van der Waals surface area contributed by atoms with Crippen LogP contribution in [0.15, 0.2) is 64.4 Å². The van der Waals surface area contributed by atoms with E-state index in [1.165, 1.54) is 11.6 Å². The summed E-state index contributed by atoms with van der Waals surface area (Å²) in [6, 6.07) is 13.2. The van der Waals surface area contributed by atoms with Crippen molar-refractivity contribution in [1.82, 2.24) is 9.78 Å².